The summed E-state index contributed by atoms with van der Waals surface area (Å²) in [6.07, 6.45) is 0. The first-order valence-electron chi connectivity index (χ1n) is 29.8. The Kier molecular flexibility index (Phi) is 17.9. The summed E-state index contributed by atoms with van der Waals surface area (Å²) < 4.78 is 0. The maximum absolute atomic E-state index is 3.04. The minimum Gasteiger partial charge on any atom is -0.0656 e. The molecular formula is C66H114Si6. The van der Waals surface area contributed by atoms with Crippen molar-refractivity contribution in [3.8, 4) is 0 Å². The fourth-order valence-electron chi connectivity index (χ4n) is 18.8. The van der Waals surface area contributed by atoms with Crippen molar-refractivity contribution in [2.24, 2.45) is 0 Å². The number of rotatable bonds is 18. The van der Waals surface area contributed by atoms with Gasteiger partial charge in [-0.15, -0.1) is 0 Å². The predicted molar refractivity (Wildman–Crippen MR) is 355 cm³/mol. The average Bonchev–Trinajstić information content (AvgIpc) is 3.20. The van der Waals surface area contributed by atoms with Gasteiger partial charge in [0.2, 0.25) is 0 Å². The van der Waals surface area contributed by atoms with Crippen LogP contribution in [0.4, 0.5) is 0 Å². The highest BCUT2D eigenvalue weighted by molar-refractivity contribution is 7.04. The molecule has 0 N–H and O–H groups in total. The van der Waals surface area contributed by atoms with Gasteiger partial charge in [0.25, 0.3) is 0 Å². The molecule has 0 saturated carbocycles. The molecule has 5 aromatic carbocycles. The maximum atomic E-state index is 3.04. The molecule has 5 aromatic rings. The molecule has 0 heterocycles. The van der Waals surface area contributed by atoms with E-state index in [1.54, 1.807) is 63.8 Å². The average molecular weight is 1080 g/mol. The first-order chi connectivity index (χ1) is 32.8. The van der Waals surface area contributed by atoms with Crippen molar-refractivity contribution in [3.05, 3.63) is 47.5 Å². The maximum Gasteiger partial charge on any atom is 0.0958 e. The lowest BCUT2D eigenvalue weighted by molar-refractivity contribution is 0.835. The van der Waals surface area contributed by atoms with Gasteiger partial charge in [-0.05, 0) is 167 Å². The van der Waals surface area contributed by atoms with Crippen LogP contribution in [0.25, 0.3) is 43.1 Å². The minimum atomic E-state index is -2.37. The summed E-state index contributed by atoms with van der Waals surface area (Å²) in [5.74, 6) is 0. The first kappa shape index (κ1) is 61.3. The van der Waals surface area contributed by atoms with Crippen molar-refractivity contribution in [3.63, 3.8) is 0 Å². The monoisotopic (exact) mass is 1070 g/mol. The van der Waals surface area contributed by atoms with Crippen molar-refractivity contribution in [2.75, 3.05) is 0 Å². The van der Waals surface area contributed by atoms with Crippen LogP contribution in [0.1, 0.15) is 177 Å². The van der Waals surface area contributed by atoms with E-state index in [0.29, 0.717) is 66.5 Å². The van der Waals surface area contributed by atoms with Crippen LogP contribution >= 0.6 is 0 Å². The number of hydrogen-bond acceptors (Lipinski definition) is 0. The van der Waals surface area contributed by atoms with E-state index < -0.39 is 48.4 Å². The molecule has 72 heavy (non-hydrogen) atoms. The molecule has 0 aliphatic heterocycles. The lowest BCUT2D eigenvalue weighted by atomic mass is 9.95. The molecule has 402 valence electrons. The zero-order valence-corrected chi connectivity index (χ0v) is 59.4. The normalized spacial score (nSPS) is 14.5. The Morgan fingerprint density at radius 1 is 0.222 bits per heavy atom. The van der Waals surface area contributed by atoms with Crippen molar-refractivity contribution in [2.45, 2.75) is 286 Å². The summed E-state index contributed by atoms with van der Waals surface area (Å²) in [6.45, 7) is 84.4. The number of benzene rings is 5. The second kappa shape index (κ2) is 21.0. The fraction of sp³-hybridized carbons (Fsp3) is 0.667. The largest absolute Gasteiger partial charge is 0.0958 e. The predicted octanol–water partition coefficient (Wildman–Crippen LogP) is 19.5. The summed E-state index contributed by atoms with van der Waals surface area (Å²) in [7, 11) is -13.0. The van der Waals surface area contributed by atoms with Crippen LogP contribution in [0, 0.1) is 13.8 Å². The zero-order chi connectivity index (χ0) is 55.4. The molecule has 0 nitrogen and oxygen atoms in total. The zero-order valence-electron chi connectivity index (χ0n) is 53.4. The van der Waals surface area contributed by atoms with E-state index in [1.165, 1.54) is 11.1 Å². The third-order valence-electron chi connectivity index (χ3n) is 20.9. The lowest BCUT2D eigenvalue weighted by Gasteiger charge is -2.49. The van der Waals surface area contributed by atoms with Crippen molar-refractivity contribution < 1.29 is 0 Å². The molecule has 0 amide bonds. The van der Waals surface area contributed by atoms with Crippen LogP contribution in [0.3, 0.4) is 0 Å². The molecule has 0 atom stereocenters. The van der Waals surface area contributed by atoms with Crippen LogP contribution in [0.15, 0.2) is 36.4 Å². The smallest absolute Gasteiger partial charge is 0.0656 e. The van der Waals surface area contributed by atoms with E-state index in [9.17, 15) is 0 Å². The van der Waals surface area contributed by atoms with E-state index >= 15 is 0 Å². The first-order valence-corrected chi connectivity index (χ1v) is 45.7. The molecule has 0 saturated heterocycles. The summed E-state index contributed by atoms with van der Waals surface area (Å²) in [6, 6.07) is 17.5. The van der Waals surface area contributed by atoms with E-state index in [0.717, 1.165) is 0 Å². The third-order valence-corrected chi connectivity index (χ3v) is 53.8. The molecule has 0 unspecified atom stereocenters. The van der Waals surface area contributed by atoms with Gasteiger partial charge in [-0.1, -0.05) is 240 Å². The Morgan fingerprint density at radius 3 is 0.500 bits per heavy atom. The van der Waals surface area contributed by atoms with Gasteiger partial charge >= 0.3 is 0 Å². The second-order valence-corrected chi connectivity index (χ2v) is 63.4. The molecule has 0 bridgehead atoms. The number of fused-ring (bicyclic) bond motifs is 4. The van der Waals surface area contributed by atoms with Gasteiger partial charge in [-0.3, -0.25) is 0 Å². The van der Waals surface area contributed by atoms with E-state index in [2.05, 4.69) is 256 Å². The molecule has 5 rings (SSSR count). The Bertz CT molecular complexity index is 2500. The number of hydrogen-bond donors (Lipinski definition) is 0. The van der Waals surface area contributed by atoms with Gasteiger partial charge < -0.3 is 0 Å². The highest BCUT2D eigenvalue weighted by atomic mass is 28.3. The summed E-state index contributed by atoms with van der Waals surface area (Å²) in [5.41, 5.74) is 9.88. The molecular weight excluding hydrogens is 961 g/mol. The quantitative estimate of drug-likeness (QED) is 0.0606. The van der Waals surface area contributed by atoms with E-state index in [4.69, 9.17) is 0 Å². The summed E-state index contributed by atoms with van der Waals surface area (Å²) in [5, 5.41) is 24.1. The van der Waals surface area contributed by atoms with Crippen LogP contribution in [0.5, 0.6) is 0 Å². The van der Waals surface area contributed by atoms with Crippen molar-refractivity contribution >= 4 is 123 Å². The van der Waals surface area contributed by atoms with Crippen molar-refractivity contribution in [1.82, 2.24) is 0 Å². The fourth-order valence-corrected chi connectivity index (χ4v) is 52.3. The van der Waals surface area contributed by atoms with E-state index in [-0.39, 0.29) is 0 Å². The van der Waals surface area contributed by atoms with Crippen LogP contribution < -0.4 is 31.1 Å². The molecule has 0 aliphatic carbocycles. The topological polar surface area (TPSA) is 0 Å². The molecule has 0 fully saturated rings. The highest BCUT2D eigenvalue weighted by Crippen LogP contribution is 2.51. The standard InChI is InChI=1S/C66H114Si6/c1-39(2)69(40(3)4,41(5)6)63-53-33-51(25)52(26)34-54(53)64(70(42(7)8,43(9)10)44(11)12)56-36-58-57(35-55(56)63)65(71(45(13)14,46(15)16)47(17)18)59-37-61(67(27,28)29)62(68(30,31)32)38-60(59)66(58)72(48(19)20,49(21)22)50(23)24/h33-50H,1-32H3. The number of aryl methyl sites for hydroxylation is 2. The molecule has 0 radical (unpaired) electrons. The van der Waals surface area contributed by atoms with Gasteiger partial charge in [0.05, 0.1) is 48.4 Å². The van der Waals surface area contributed by atoms with E-state index in [1.807, 2.05) is 10.4 Å². The Hall–Kier alpha value is -1.56. The molecule has 6 heteroatoms. The van der Waals surface area contributed by atoms with Gasteiger partial charge in [0.15, 0.2) is 0 Å². The Morgan fingerprint density at radius 2 is 0.361 bits per heavy atom. The second-order valence-electron chi connectivity index (χ2n) is 30.0. The SMILES string of the molecule is Cc1cc2c([Si](C(C)C)(C(C)C)C(C)C)c3cc4c([Si](C(C)C)(C(C)C)C(C)C)c5cc([Si](C)(C)C)c([Si](C)(C)C)cc5c([Si](C(C)C)(C(C)C)C(C)C)c4cc3c([Si](C(C)C)(C(C)C)C(C)C)c2cc1C. The van der Waals surface area contributed by atoms with Gasteiger partial charge in [0, 0.05) is 0 Å². The third kappa shape index (κ3) is 8.96. The Balaban J connectivity index is 2.64. The van der Waals surface area contributed by atoms with Crippen LogP contribution in [-0.2, 0) is 0 Å². The van der Waals surface area contributed by atoms with Crippen molar-refractivity contribution in [1.29, 1.82) is 0 Å². The molecule has 0 spiro atoms. The Labute approximate surface area is 453 Å². The van der Waals surface area contributed by atoms with Gasteiger partial charge in [0.1, 0.15) is 0 Å². The molecule has 0 aliphatic rings. The lowest BCUT2D eigenvalue weighted by Crippen LogP contribution is -2.61. The van der Waals surface area contributed by atoms with Gasteiger partial charge in [-0.2, -0.15) is 0 Å². The summed E-state index contributed by atoms with van der Waals surface area (Å²) in [4.78, 5) is 0. The molecule has 0 aromatic heterocycles. The van der Waals surface area contributed by atoms with Crippen LogP contribution in [0.2, 0.25) is 106 Å². The van der Waals surface area contributed by atoms with Crippen LogP contribution in [-0.4, -0.2) is 48.4 Å². The summed E-state index contributed by atoms with van der Waals surface area (Å²) >= 11 is 0. The van der Waals surface area contributed by atoms with Gasteiger partial charge in [-0.25, -0.2) is 0 Å². The highest BCUT2D eigenvalue weighted by Gasteiger charge is 2.54. The minimum absolute atomic E-state index is 0.579.